The molecule has 1 fully saturated rings. The van der Waals surface area contributed by atoms with Crippen LogP contribution in [0.4, 0.5) is 5.69 Å². The minimum atomic E-state index is 0.557. The molecule has 90 valence electrons. The van der Waals surface area contributed by atoms with Gasteiger partial charge in [0.2, 0.25) is 0 Å². The first-order chi connectivity index (χ1) is 8.15. The number of nitrogens with zero attached hydrogens (tertiary/aromatic N) is 1. The number of benzene rings is 1. The molecule has 0 atom stereocenters. The van der Waals surface area contributed by atoms with E-state index in [2.05, 4.69) is 56.5 Å². The second-order valence-corrected chi connectivity index (χ2v) is 5.54. The summed E-state index contributed by atoms with van der Waals surface area (Å²) in [6.07, 6.45) is 1.94. The lowest BCUT2D eigenvalue weighted by molar-refractivity contribution is 0.857. The van der Waals surface area contributed by atoms with Gasteiger partial charge in [-0.3, -0.25) is 0 Å². The Morgan fingerprint density at radius 2 is 2.12 bits per heavy atom. The molecule has 1 aliphatic heterocycles. The molecule has 1 nitrogen and oxygen atoms in total. The zero-order chi connectivity index (χ0) is 12.4. The Hall–Kier alpha value is -1.15. The van der Waals surface area contributed by atoms with Gasteiger partial charge in [-0.1, -0.05) is 56.5 Å². The highest BCUT2D eigenvalue weighted by atomic mass is 32.2. The van der Waals surface area contributed by atoms with Crippen molar-refractivity contribution in [2.45, 2.75) is 26.7 Å². The fourth-order valence-corrected chi connectivity index (χ4v) is 2.94. The van der Waals surface area contributed by atoms with E-state index in [9.17, 15) is 0 Å². The average molecular weight is 245 g/mol. The van der Waals surface area contributed by atoms with Crippen LogP contribution in [0.5, 0.6) is 0 Å². The van der Waals surface area contributed by atoms with E-state index in [0.29, 0.717) is 5.92 Å². The van der Waals surface area contributed by atoms with Crippen LogP contribution >= 0.6 is 11.8 Å². The maximum absolute atomic E-state index is 3.85. The predicted molar refractivity (Wildman–Crippen MR) is 78.4 cm³/mol. The quantitative estimate of drug-likeness (QED) is 0.757. The van der Waals surface area contributed by atoms with E-state index in [1.807, 2.05) is 17.8 Å². The minimum Gasteiger partial charge on any atom is -0.325 e. The standard InChI is InChI=1S/C15H19NS/c1-5-12(4)15-16(10-17-15)14-9-7-6-8-13(14)11(2)3/h5-9,11H,1,10H2,2-4H3/b15-12+. The maximum Gasteiger partial charge on any atom is 0.0807 e. The Morgan fingerprint density at radius 1 is 1.41 bits per heavy atom. The van der Waals surface area contributed by atoms with Gasteiger partial charge in [-0.2, -0.15) is 0 Å². The van der Waals surface area contributed by atoms with E-state index in [4.69, 9.17) is 0 Å². The molecule has 1 aromatic carbocycles. The molecule has 0 aromatic heterocycles. The summed E-state index contributed by atoms with van der Waals surface area (Å²) in [5.74, 6) is 1.60. The molecule has 0 saturated carbocycles. The van der Waals surface area contributed by atoms with Crippen molar-refractivity contribution in [3.63, 3.8) is 0 Å². The van der Waals surface area contributed by atoms with Crippen molar-refractivity contribution in [1.82, 2.24) is 0 Å². The van der Waals surface area contributed by atoms with Gasteiger partial charge in [0.25, 0.3) is 0 Å². The first kappa shape index (κ1) is 12.3. The van der Waals surface area contributed by atoms with Gasteiger partial charge in [0.05, 0.1) is 10.9 Å². The number of anilines is 1. The molecule has 2 heteroatoms. The number of rotatable bonds is 3. The highest BCUT2D eigenvalue weighted by molar-refractivity contribution is 8.05. The second-order valence-electron chi connectivity index (χ2n) is 4.61. The van der Waals surface area contributed by atoms with Gasteiger partial charge < -0.3 is 4.90 Å². The van der Waals surface area contributed by atoms with Crippen LogP contribution in [-0.4, -0.2) is 5.88 Å². The molecule has 0 aliphatic carbocycles. The third-order valence-corrected chi connectivity index (χ3v) is 4.27. The van der Waals surface area contributed by atoms with E-state index in [0.717, 1.165) is 5.88 Å². The summed E-state index contributed by atoms with van der Waals surface area (Å²) < 4.78 is 0. The lowest BCUT2D eigenvalue weighted by atomic mass is 10.0. The minimum absolute atomic E-state index is 0.557. The first-order valence-electron chi connectivity index (χ1n) is 5.97. The number of allylic oxidation sites excluding steroid dienone is 2. The van der Waals surface area contributed by atoms with E-state index in [-0.39, 0.29) is 0 Å². The van der Waals surface area contributed by atoms with Crippen LogP contribution in [0, 0.1) is 0 Å². The molecule has 17 heavy (non-hydrogen) atoms. The third-order valence-electron chi connectivity index (χ3n) is 3.07. The fourth-order valence-electron chi connectivity index (χ4n) is 2.01. The second kappa shape index (κ2) is 5.01. The van der Waals surface area contributed by atoms with E-state index in [1.165, 1.54) is 21.9 Å². The van der Waals surface area contributed by atoms with Crippen molar-refractivity contribution in [3.8, 4) is 0 Å². The molecule has 0 unspecified atom stereocenters. The van der Waals surface area contributed by atoms with Crippen LogP contribution in [0.3, 0.4) is 0 Å². The summed E-state index contributed by atoms with van der Waals surface area (Å²) in [5.41, 5.74) is 4.03. The van der Waals surface area contributed by atoms with Gasteiger partial charge in [-0.25, -0.2) is 0 Å². The Bertz CT molecular complexity index is 460. The highest BCUT2D eigenvalue weighted by Gasteiger charge is 2.26. The normalized spacial score (nSPS) is 18.0. The van der Waals surface area contributed by atoms with Crippen LogP contribution in [0.2, 0.25) is 0 Å². The smallest absolute Gasteiger partial charge is 0.0807 e. The Balaban J connectivity index is 2.39. The summed E-state index contributed by atoms with van der Waals surface area (Å²) in [6, 6.07) is 8.68. The summed E-state index contributed by atoms with van der Waals surface area (Å²) in [5, 5.41) is 1.34. The zero-order valence-electron chi connectivity index (χ0n) is 10.7. The van der Waals surface area contributed by atoms with Crippen LogP contribution in [0.15, 0.2) is 47.5 Å². The van der Waals surface area contributed by atoms with Crippen molar-refractivity contribution in [2.24, 2.45) is 0 Å². The zero-order valence-corrected chi connectivity index (χ0v) is 11.6. The molecular weight excluding hydrogens is 226 g/mol. The van der Waals surface area contributed by atoms with Crippen molar-refractivity contribution in [2.75, 3.05) is 10.8 Å². The SMILES string of the molecule is C=C/C(C)=C1/SCN1c1ccccc1C(C)C. The predicted octanol–water partition coefficient (Wildman–Crippen LogP) is 4.74. The van der Waals surface area contributed by atoms with Crippen molar-refractivity contribution in [1.29, 1.82) is 0 Å². The summed E-state index contributed by atoms with van der Waals surface area (Å²) in [4.78, 5) is 2.39. The Morgan fingerprint density at radius 3 is 2.65 bits per heavy atom. The largest absolute Gasteiger partial charge is 0.325 e. The maximum atomic E-state index is 3.85. The van der Waals surface area contributed by atoms with Gasteiger partial charge in [0, 0.05) is 5.69 Å². The summed E-state index contributed by atoms with van der Waals surface area (Å²) >= 11 is 1.90. The van der Waals surface area contributed by atoms with Crippen LogP contribution < -0.4 is 4.90 Å². The van der Waals surface area contributed by atoms with Crippen molar-refractivity contribution in [3.05, 3.63) is 53.1 Å². The number of hydrogen-bond donors (Lipinski definition) is 0. The summed E-state index contributed by atoms with van der Waals surface area (Å²) in [6.45, 7) is 10.5. The highest BCUT2D eigenvalue weighted by Crippen LogP contribution is 2.42. The molecule has 1 aliphatic rings. The molecule has 0 N–H and O–H groups in total. The monoisotopic (exact) mass is 245 g/mol. The molecule has 0 bridgehead atoms. The number of hydrogen-bond acceptors (Lipinski definition) is 2. The van der Waals surface area contributed by atoms with Gasteiger partial charge in [-0.05, 0) is 30.0 Å². The van der Waals surface area contributed by atoms with E-state index >= 15 is 0 Å². The van der Waals surface area contributed by atoms with Gasteiger partial charge in [0.15, 0.2) is 0 Å². The topological polar surface area (TPSA) is 3.24 Å². The van der Waals surface area contributed by atoms with E-state index < -0.39 is 0 Å². The first-order valence-corrected chi connectivity index (χ1v) is 6.96. The molecule has 0 spiro atoms. The van der Waals surface area contributed by atoms with Gasteiger partial charge in [-0.15, -0.1) is 0 Å². The Labute approximate surface area is 108 Å². The van der Waals surface area contributed by atoms with Crippen molar-refractivity contribution >= 4 is 17.4 Å². The molecule has 1 aromatic rings. The number of para-hydroxylation sites is 1. The summed E-state index contributed by atoms with van der Waals surface area (Å²) in [7, 11) is 0. The average Bonchev–Trinajstić information content (AvgIpc) is 2.28. The van der Waals surface area contributed by atoms with Crippen LogP contribution in [0.25, 0.3) is 0 Å². The lowest BCUT2D eigenvalue weighted by Crippen LogP contribution is -2.31. The van der Waals surface area contributed by atoms with Crippen molar-refractivity contribution < 1.29 is 0 Å². The molecular formula is C15H19NS. The third kappa shape index (κ3) is 2.27. The molecule has 1 heterocycles. The Kier molecular flexibility index (Phi) is 3.63. The molecule has 1 saturated heterocycles. The molecule has 0 amide bonds. The lowest BCUT2D eigenvalue weighted by Gasteiger charge is -2.38. The van der Waals surface area contributed by atoms with Gasteiger partial charge in [0.1, 0.15) is 0 Å². The fraction of sp³-hybridized carbons (Fsp3) is 0.333. The molecule has 2 rings (SSSR count). The van der Waals surface area contributed by atoms with E-state index in [1.54, 1.807) is 0 Å². The molecule has 0 radical (unpaired) electrons. The van der Waals surface area contributed by atoms with Crippen LogP contribution in [0.1, 0.15) is 32.3 Å². The van der Waals surface area contributed by atoms with Gasteiger partial charge >= 0.3 is 0 Å². The van der Waals surface area contributed by atoms with Crippen LogP contribution in [-0.2, 0) is 0 Å². The number of thioether (sulfide) groups is 1.